The highest BCUT2D eigenvalue weighted by Gasteiger charge is 2.32. The molecule has 0 bridgehead atoms. The standard InChI is InChI=1S/C7H15NO2/c1-10-6-7(5-9)2-3-8-4-7/h8-9H,2-6H2,1H3/t7-/m1/s1. The second kappa shape index (κ2) is 3.32. The molecule has 0 spiro atoms. The molecule has 0 aromatic heterocycles. The zero-order valence-corrected chi connectivity index (χ0v) is 6.39. The van der Waals surface area contributed by atoms with Crippen LogP contribution in [0.4, 0.5) is 0 Å². The summed E-state index contributed by atoms with van der Waals surface area (Å²) in [5.41, 5.74) is 0.00868. The highest BCUT2D eigenvalue weighted by molar-refractivity contribution is 4.86. The molecule has 3 heteroatoms. The summed E-state index contributed by atoms with van der Waals surface area (Å²) in [6.07, 6.45) is 1.03. The van der Waals surface area contributed by atoms with E-state index in [0.717, 1.165) is 19.5 Å². The normalized spacial score (nSPS) is 33.0. The molecule has 0 amide bonds. The molecule has 0 aliphatic carbocycles. The maximum Gasteiger partial charge on any atom is 0.0553 e. The van der Waals surface area contributed by atoms with Crippen LogP contribution in [0.5, 0.6) is 0 Å². The third-order valence-corrected chi connectivity index (χ3v) is 2.12. The average Bonchev–Trinajstić information content (AvgIpc) is 2.39. The Morgan fingerprint density at radius 3 is 2.90 bits per heavy atom. The minimum absolute atomic E-state index is 0.00868. The summed E-state index contributed by atoms with van der Waals surface area (Å²) in [4.78, 5) is 0. The minimum atomic E-state index is 0.00868. The van der Waals surface area contributed by atoms with Gasteiger partial charge in [0.05, 0.1) is 13.2 Å². The van der Waals surface area contributed by atoms with Crippen molar-refractivity contribution in [1.82, 2.24) is 5.32 Å². The van der Waals surface area contributed by atoms with Gasteiger partial charge in [-0.05, 0) is 13.0 Å². The van der Waals surface area contributed by atoms with Gasteiger partial charge < -0.3 is 15.2 Å². The molecule has 2 N–H and O–H groups in total. The Morgan fingerprint density at radius 2 is 2.50 bits per heavy atom. The van der Waals surface area contributed by atoms with E-state index in [1.165, 1.54) is 0 Å². The summed E-state index contributed by atoms with van der Waals surface area (Å²) in [6, 6.07) is 0. The SMILES string of the molecule is COC[C@]1(CO)CCNC1. The molecule has 0 unspecified atom stereocenters. The van der Waals surface area contributed by atoms with Gasteiger partial charge in [-0.3, -0.25) is 0 Å². The highest BCUT2D eigenvalue weighted by atomic mass is 16.5. The molecule has 0 aromatic rings. The lowest BCUT2D eigenvalue weighted by Crippen LogP contribution is -2.32. The first-order valence-corrected chi connectivity index (χ1v) is 3.63. The van der Waals surface area contributed by atoms with Gasteiger partial charge in [-0.1, -0.05) is 0 Å². The van der Waals surface area contributed by atoms with Gasteiger partial charge in [0.15, 0.2) is 0 Å². The Kier molecular flexibility index (Phi) is 2.65. The molecule has 1 aliphatic heterocycles. The number of aliphatic hydroxyl groups is 1. The molecule has 0 aromatic carbocycles. The van der Waals surface area contributed by atoms with Crippen molar-refractivity contribution in [2.45, 2.75) is 6.42 Å². The van der Waals surface area contributed by atoms with Crippen LogP contribution in [-0.4, -0.2) is 38.5 Å². The molecule has 0 saturated carbocycles. The van der Waals surface area contributed by atoms with E-state index in [-0.39, 0.29) is 12.0 Å². The van der Waals surface area contributed by atoms with Gasteiger partial charge >= 0.3 is 0 Å². The number of rotatable bonds is 3. The smallest absolute Gasteiger partial charge is 0.0553 e. The fourth-order valence-electron chi connectivity index (χ4n) is 1.41. The third-order valence-electron chi connectivity index (χ3n) is 2.12. The second-order valence-corrected chi connectivity index (χ2v) is 3.02. The number of nitrogens with one attached hydrogen (secondary N) is 1. The number of hydrogen-bond acceptors (Lipinski definition) is 3. The molecule has 1 saturated heterocycles. The lowest BCUT2D eigenvalue weighted by atomic mass is 9.89. The molecule has 60 valence electrons. The first-order chi connectivity index (χ1) is 4.83. The van der Waals surface area contributed by atoms with Gasteiger partial charge in [0.2, 0.25) is 0 Å². The van der Waals surface area contributed by atoms with Crippen LogP contribution in [0.1, 0.15) is 6.42 Å². The molecule has 1 aliphatic rings. The van der Waals surface area contributed by atoms with Gasteiger partial charge in [-0.25, -0.2) is 0 Å². The van der Waals surface area contributed by atoms with E-state index < -0.39 is 0 Å². The summed E-state index contributed by atoms with van der Waals surface area (Å²) >= 11 is 0. The maximum atomic E-state index is 9.03. The topological polar surface area (TPSA) is 41.5 Å². The predicted octanol–water partition coefficient (Wildman–Crippen LogP) is -0.395. The van der Waals surface area contributed by atoms with Crippen molar-refractivity contribution in [2.75, 3.05) is 33.4 Å². The largest absolute Gasteiger partial charge is 0.396 e. The van der Waals surface area contributed by atoms with Crippen LogP contribution in [-0.2, 0) is 4.74 Å². The van der Waals surface area contributed by atoms with Crippen molar-refractivity contribution in [3.8, 4) is 0 Å². The fourth-order valence-corrected chi connectivity index (χ4v) is 1.41. The van der Waals surface area contributed by atoms with Crippen molar-refractivity contribution in [1.29, 1.82) is 0 Å². The Balaban J connectivity index is 2.41. The van der Waals surface area contributed by atoms with E-state index in [9.17, 15) is 0 Å². The summed E-state index contributed by atoms with van der Waals surface area (Å²) in [5.74, 6) is 0. The van der Waals surface area contributed by atoms with Crippen LogP contribution in [0.2, 0.25) is 0 Å². The summed E-state index contributed by atoms with van der Waals surface area (Å²) in [7, 11) is 1.68. The maximum absolute atomic E-state index is 9.03. The Morgan fingerprint density at radius 1 is 1.70 bits per heavy atom. The van der Waals surface area contributed by atoms with E-state index in [2.05, 4.69) is 5.32 Å². The molecule has 1 rings (SSSR count). The first-order valence-electron chi connectivity index (χ1n) is 3.63. The fraction of sp³-hybridized carbons (Fsp3) is 1.00. The van der Waals surface area contributed by atoms with E-state index >= 15 is 0 Å². The highest BCUT2D eigenvalue weighted by Crippen LogP contribution is 2.24. The Hall–Kier alpha value is -0.120. The molecule has 1 heterocycles. The summed E-state index contributed by atoms with van der Waals surface area (Å²) in [5, 5.41) is 12.2. The van der Waals surface area contributed by atoms with Crippen molar-refractivity contribution in [2.24, 2.45) is 5.41 Å². The van der Waals surface area contributed by atoms with Crippen molar-refractivity contribution < 1.29 is 9.84 Å². The van der Waals surface area contributed by atoms with Gasteiger partial charge in [0.25, 0.3) is 0 Å². The molecular formula is C7H15NO2. The minimum Gasteiger partial charge on any atom is -0.396 e. The number of methoxy groups -OCH3 is 1. The molecule has 1 atom stereocenters. The molecule has 3 nitrogen and oxygen atoms in total. The third kappa shape index (κ3) is 1.48. The zero-order chi connectivity index (χ0) is 7.45. The van der Waals surface area contributed by atoms with Crippen LogP contribution in [0.25, 0.3) is 0 Å². The van der Waals surface area contributed by atoms with E-state index in [1.807, 2.05) is 0 Å². The molecular weight excluding hydrogens is 130 g/mol. The van der Waals surface area contributed by atoms with Crippen LogP contribution in [0, 0.1) is 5.41 Å². The number of hydrogen-bond donors (Lipinski definition) is 2. The molecule has 0 radical (unpaired) electrons. The van der Waals surface area contributed by atoms with Gasteiger partial charge in [0.1, 0.15) is 0 Å². The Bertz CT molecular complexity index is 99.8. The van der Waals surface area contributed by atoms with Gasteiger partial charge in [0, 0.05) is 19.1 Å². The van der Waals surface area contributed by atoms with E-state index in [4.69, 9.17) is 9.84 Å². The van der Waals surface area contributed by atoms with Crippen LogP contribution in [0.15, 0.2) is 0 Å². The zero-order valence-electron chi connectivity index (χ0n) is 6.39. The lowest BCUT2D eigenvalue weighted by molar-refractivity contribution is 0.0435. The monoisotopic (exact) mass is 145 g/mol. The lowest BCUT2D eigenvalue weighted by Gasteiger charge is -2.23. The first kappa shape index (κ1) is 7.98. The van der Waals surface area contributed by atoms with Gasteiger partial charge in [-0.15, -0.1) is 0 Å². The number of ether oxygens (including phenoxy) is 1. The quantitative estimate of drug-likeness (QED) is 0.568. The van der Waals surface area contributed by atoms with Crippen molar-refractivity contribution >= 4 is 0 Å². The van der Waals surface area contributed by atoms with Crippen molar-refractivity contribution in [3.63, 3.8) is 0 Å². The average molecular weight is 145 g/mol. The summed E-state index contributed by atoms with van der Waals surface area (Å²) in [6.45, 7) is 2.78. The molecule has 1 fully saturated rings. The van der Waals surface area contributed by atoms with Crippen molar-refractivity contribution in [3.05, 3.63) is 0 Å². The van der Waals surface area contributed by atoms with Gasteiger partial charge in [-0.2, -0.15) is 0 Å². The Labute approximate surface area is 61.4 Å². The number of aliphatic hydroxyl groups excluding tert-OH is 1. The van der Waals surface area contributed by atoms with E-state index in [1.54, 1.807) is 7.11 Å². The van der Waals surface area contributed by atoms with Crippen LogP contribution >= 0.6 is 0 Å². The summed E-state index contributed by atoms with van der Waals surface area (Å²) < 4.78 is 5.02. The predicted molar refractivity (Wildman–Crippen MR) is 38.9 cm³/mol. The van der Waals surface area contributed by atoms with Crippen LogP contribution < -0.4 is 5.32 Å². The van der Waals surface area contributed by atoms with Crippen LogP contribution in [0.3, 0.4) is 0 Å². The molecule has 10 heavy (non-hydrogen) atoms. The van der Waals surface area contributed by atoms with E-state index in [0.29, 0.717) is 6.61 Å². The second-order valence-electron chi connectivity index (χ2n) is 3.02.